The summed E-state index contributed by atoms with van der Waals surface area (Å²) in [4.78, 5) is 31.3. The fourth-order valence-electron chi connectivity index (χ4n) is 5.08. The Balaban J connectivity index is 1.59. The Bertz CT molecular complexity index is 1080. The number of amides is 1. The van der Waals surface area contributed by atoms with E-state index in [0.717, 1.165) is 27.8 Å². The summed E-state index contributed by atoms with van der Waals surface area (Å²) in [5.41, 5.74) is 0.509. The third kappa shape index (κ3) is 3.48. The number of benzene rings is 2. The highest BCUT2D eigenvalue weighted by molar-refractivity contribution is 14.1. The Labute approximate surface area is 200 Å². The normalized spacial score (nSPS) is 27.3. The van der Waals surface area contributed by atoms with Crippen molar-refractivity contribution < 1.29 is 14.4 Å². The highest BCUT2D eigenvalue weighted by Gasteiger charge is 2.71. The van der Waals surface area contributed by atoms with Crippen LogP contribution in [0, 0.1) is 19.8 Å². The summed E-state index contributed by atoms with van der Waals surface area (Å²) >= 11 is 8.34. The molecule has 2 unspecified atom stereocenters. The van der Waals surface area contributed by atoms with Crippen LogP contribution >= 0.6 is 34.2 Å². The smallest absolute Gasteiger partial charge is 0.326 e. The van der Waals surface area contributed by atoms with Crippen molar-refractivity contribution in [3.05, 3.63) is 62.7 Å². The predicted octanol–water partition coefficient (Wildman–Crippen LogP) is 6.31. The average molecular weight is 551 g/mol. The zero-order valence-electron chi connectivity index (χ0n) is 17.7. The molecule has 2 saturated carbocycles. The van der Waals surface area contributed by atoms with Crippen molar-refractivity contribution in [3.63, 3.8) is 0 Å². The Morgan fingerprint density at radius 2 is 1.74 bits per heavy atom. The lowest BCUT2D eigenvalue weighted by molar-refractivity contribution is -0.130. The average Bonchev–Trinajstić information content (AvgIpc) is 3.04. The summed E-state index contributed by atoms with van der Waals surface area (Å²) < 4.78 is 1.11. The van der Waals surface area contributed by atoms with E-state index in [9.17, 15) is 9.59 Å². The van der Waals surface area contributed by atoms with Crippen molar-refractivity contribution in [2.75, 3.05) is 5.32 Å². The van der Waals surface area contributed by atoms with Gasteiger partial charge in [-0.15, -0.1) is 0 Å². The van der Waals surface area contributed by atoms with Crippen LogP contribution in [0.25, 0.3) is 0 Å². The van der Waals surface area contributed by atoms with Gasteiger partial charge in [-0.25, -0.2) is 4.79 Å². The Morgan fingerprint density at radius 3 is 2.42 bits per heavy atom. The molecule has 31 heavy (non-hydrogen) atoms. The first-order valence-electron chi connectivity index (χ1n) is 10.2. The van der Waals surface area contributed by atoms with Crippen LogP contribution in [-0.2, 0) is 9.63 Å². The van der Waals surface area contributed by atoms with Gasteiger partial charge in [0.15, 0.2) is 0 Å². The third-order valence-corrected chi connectivity index (χ3v) is 8.65. The molecular weight excluding hydrogens is 527 g/mol. The first kappa shape index (κ1) is 22.3. The standard InChI is InChI=1S/C24H24ClIN2O3/c1-22(2)23(3)12-13-24(22,21(30)27-16-10-8-15(26)9-11-16)14-19(23)28-31-20(29)17-6-4-5-7-18(17)25/h4-11H,12-14H2,1-3H3,(H,27,30). The maximum Gasteiger partial charge on any atom is 0.367 e. The Kier molecular flexibility index (Phi) is 5.67. The van der Waals surface area contributed by atoms with Crippen molar-refractivity contribution in [2.24, 2.45) is 21.4 Å². The number of carbonyl (C=O) groups excluding carboxylic acids is 2. The van der Waals surface area contributed by atoms with Gasteiger partial charge in [-0.05, 0) is 77.2 Å². The monoisotopic (exact) mass is 550 g/mol. The highest BCUT2D eigenvalue weighted by atomic mass is 127. The van der Waals surface area contributed by atoms with Crippen LogP contribution < -0.4 is 5.32 Å². The van der Waals surface area contributed by atoms with Gasteiger partial charge in [0.25, 0.3) is 0 Å². The molecule has 1 amide bonds. The van der Waals surface area contributed by atoms with E-state index >= 15 is 0 Å². The molecule has 7 heteroatoms. The van der Waals surface area contributed by atoms with E-state index in [0.29, 0.717) is 11.4 Å². The Hall–Kier alpha value is -1.93. The van der Waals surface area contributed by atoms with Crippen LogP contribution in [0.15, 0.2) is 53.7 Å². The quantitative estimate of drug-likeness (QED) is 0.275. The van der Waals surface area contributed by atoms with Crippen LogP contribution in [0.5, 0.6) is 0 Å². The molecule has 4 rings (SSSR count). The van der Waals surface area contributed by atoms with E-state index in [-0.39, 0.29) is 22.3 Å². The second-order valence-electron chi connectivity index (χ2n) is 9.07. The molecule has 2 aromatic rings. The minimum absolute atomic E-state index is 0.00920. The number of nitrogens with one attached hydrogen (secondary N) is 1. The second kappa shape index (κ2) is 7.89. The predicted molar refractivity (Wildman–Crippen MR) is 130 cm³/mol. The molecular formula is C24H24ClIN2O3. The number of carbonyl (C=O) groups is 2. The van der Waals surface area contributed by atoms with Crippen molar-refractivity contribution in [3.8, 4) is 0 Å². The molecule has 0 aromatic heterocycles. The minimum Gasteiger partial charge on any atom is -0.326 e. The van der Waals surface area contributed by atoms with Crippen molar-refractivity contribution in [1.82, 2.24) is 0 Å². The molecule has 0 spiro atoms. The molecule has 2 atom stereocenters. The molecule has 1 N–H and O–H groups in total. The van der Waals surface area contributed by atoms with Crippen molar-refractivity contribution in [2.45, 2.75) is 40.0 Å². The molecule has 5 nitrogen and oxygen atoms in total. The number of halogens is 2. The Morgan fingerprint density at radius 1 is 1.06 bits per heavy atom. The maximum atomic E-state index is 13.5. The molecule has 2 bridgehead atoms. The van der Waals surface area contributed by atoms with E-state index in [1.54, 1.807) is 24.3 Å². The molecule has 0 saturated heterocycles. The van der Waals surface area contributed by atoms with Gasteiger partial charge in [-0.3, -0.25) is 4.79 Å². The summed E-state index contributed by atoms with van der Waals surface area (Å²) in [6.07, 6.45) is 2.04. The number of oxime groups is 1. The topological polar surface area (TPSA) is 67.8 Å². The molecule has 2 aliphatic rings. The van der Waals surface area contributed by atoms with Gasteiger partial charge in [0.1, 0.15) is 0 Å². The van der Waals surface area contributed by atoms with Gasteiger partial charge < -0.3 is 10.2 Å². The van der Waals surface area contributed by atoms with Gasteiger partial charge in [-0.2, -0.15) is 0 Å². The molecule has 2 aromatic carbocycles. The highest BCUT2D eigenvalue weighted by Crippen LogP contribution is 2.71. The summed E-state index contributed by atoms with van der Waals surface area (Å²) in [5, 5.41) is 7.68. The summed E-state index contributed by atoms with van der Waals surface area (Å²) in [7, 11) is 0. The van der Waals surface area contributed by atoms with E-state index < -0.39 is 11.4 Å². The van der Waals surface area contributed by atoms with Crippen LogP contribution in [-0.4, -0.2) is 17.6 Å². The number of rotatable bonds is 4. The van der Waals surface area contributed by atoms with Gasteiger partial charge in [0.2, 0.25) is 5.91 Å². The maximum absolute atomic E-state index is 13.5. The van der Waals surface area contributed by atoms with Gasteiger partial charge >= 0.3 is 5.97 Å². The van der Waals surface area contributed by atoms with Crippen molar-refractivity contribution in [1.29, 1.82) is 0 Å². The second-order valence-corrected chi connectivity index (χ2v) is 10.7. The van der Waals surface area contributed by atoms with E-state index in [2.05, 4.69) is 53.8 Å². The number of anilines is 1. The first-order chi connectivity index (χ1) is 14.6. The molecule has 0 radical (unpaired) electrons. The van der Waals surface area contributed by atoms with Gasteiger partial charge in [0, 0.05) is 21.1 Å². The van der Waals surface area contributed by atoms with Crippen LogP contribution in [0.3, 0.4) is 0 Å². The summed E-state index contributed by atoms with van der Waals surface area (Å²) in [6.45, 7) is 6.35. The largest absolute Gasteiger partial charge is 0.367 e. The third-order valence-electron chi connectivity index (χ3n) is 7.60. The lowest BCUT2D eigenvalue weighted by atomic mass is 9.64. The number of fused-ring (bicyclic) bond motifs is 2. The van der Waals surface area contributed by atoms with E-state index in [1.165, 1.54) is 0 Å². The molecule has 0 heterocycles. The zero-order valence-corrected chi connectivity index (χ0v) is 20.6. The number of hydrogen-bond acceptors (Lipinski definition) is 4. The number of hydrogen-bond donors (Lipinski definition) is 1. The van der Waals surface area contributed by atoms with Crippen LogP contribution in [0.4, 0.5) is 5.69 Å². The molecule has 2 fully saturated rings. The zero-order chi connectivity index (χ0) is 22.4. The van der Waals surface area contributed by atoms with Gasteiger partial charge in [0.05, 0.1) is 21.7 Å². The first-order valence-corrected chi connectivity index (χ1v) is 11.7. The SMILES string of the molecule is CC12CCC(C(=O)Nc3ccc(I)cc3)(CC1=NOC(=O)c1ccccc1Cl)C2(C)C. The van der Waals surface area contributed by atoms with Crippen LogP contribution in [0.2, 0.25) is 5.02 Å². The summed E-state index contributed by atoms with van der Waals surface area (Å²) in [6, 6.07) is 14.5. The fourth-order valence-corrected chi connectivity index (χ4v) is 5.65. The number of nitrogens with zero attached hydrogens (tertiary/aromatic N) is 1. The van der Waals surface area contributed by atoms with Crippen LogP contribution in [0.1, 0.15) is 50.4 Å². The lowest BCUT2D eigenvalue weighted by Gasteiger charge is -2.39. The molecule has 0 aliphatic heterocycles. The van der Waals surface area contributed by atoms with E-state index in [1.807, 2.05) is 24.3 Å². The van der Waals surface area contributed by atoms with E-state index in [4.69, 9.17) is 16.4 Å². The summed E-state index contributed by atoms with van der Waals surface area (Å²) in [5.74, 6) is -0.607. The van der Waals surface area contributed by atoms with Gasteiger partial charge in [-0.1, -0.05) is 49.7 Å². The molecule has 2 aliphatic carbocycles. The van der Waals surface area contributed by atoms with Crippen molar-refractivity contribution >= 4 is 57.5 Å². The lowest BCUT2D eigenvalue weighted by Crippen LogP contribution is -2.43. The minimum atomic E-state index is -0.611. The molecule has 162 valence electrons. The fraction of sp³-hybridized carbons (Fsp3) is 0.375.